The van der Waals surface area contributed by atoms with Gasteiger partial charge in [0.1, 0.15) is 5.25 Å². The molecule has 8 nitrogen and oxygen atoms in total. The van der Waals surface area contributed by atoms with Gasteiger partial charge in [0.05, 0.1) is 32.8 Å². The topological polar surface area (TPSA) is 105 Å². The van der Waals surface area contributed by atoms with E-state index in [0.29, 0.717) is 38.5 Å². The Morgan fingerprint density at radius 2 is 1.29 bits per heavy atom. The zero-order valence-corrected chi connectivity index (χ0v) is 20.7. The Bertz CT molecular complexity index is 596. The van der Waals surface area contributed by atoms with Crippen molar-refractivity contribution in [1.82, 2.24) is 0 Å². The van der Waals surface area contributed by atoms with Gasteiger partial charge in [-0.3, -0.25) is 9.59 Å². The number of alkyl halides is 1. The molecule has 10 heteroatoms. The SMILES string of the molecule is O=C1/C=C/C(=O)OCCCCCOC(=O)C(SCCCI)CC(=O)OCCCCCO1. The van der Waals surface area contributed by atoms with E-state index in [1.807, 2.05) is 0 Å². The van der Waals surface area contributed by atoms with Gasteiger partial charge < -0.3 is 18.9 Å². The first-order valence-corrected chi connectivity index (χ1v) is 13.1. The van der Waals surface area contributed by atoms with Crippen molar-refractivity contribution in [3.05, 3.63) is 12.2 Å². The Morgan fingerprint density at radius 3 is 1.84 bits per heavy atom. The minimum absolute atomic E-state index is 0.00928. The fourth-order valence-electron chi connectivity index (χ4n) is 2.49. The smallest absolute Gasteiger partial charge is 0.331 e. The van der Waals surface area contributed by atoms with E-state index in [-0.39, 0.29) is 32.8 Å². The van der Waals surface area contributed by atoms with Gasteiger partial charge in [0.25, 0.3) is 0 Å². The number of esters is 4. The minimum atomic E-state index is -0.599. The van der Waals surface area contributed by atoms with Crippen LogP contribution in [-0.4, -0.2) is 65.7 Å². The van der Waals surface area contributed by atoms with E-state index in [1.54, 1.807) is 0 Å². The van der Waals surface area contributed by atoms with E-state index in [0.717, 1.165) is 28.8 Å². The Balaban J connectivity index is 2.56. The Kier molecular flexibility index (Phi) is 16.4. The zero-order valence-electron chi connectivity index (χ0n) is 17.7. The van der Waals surface area contributed by atoms with E-state index in [1.165, 1.54) is 11.8 Å². The number of carbonyl (C=O) groups is 4. The summed E-state index contributed by atoms with van der Waals surface area (Å²) in [5.74, 6) is -1.23. The lowest BCUT2D eigenvalue weighted by Gasteiger charge is -2.15. The molecule has 0 saturated heterocycles. The van der Waals surface area contributed by atoms with Gasteiger partial charge in [0, 0.05) is 16.6 Å². The first-order valence-electron chi connectivity index (χ1n) is 10.5. The molecule has 0 fully saturated rings. The third kappa shape index (κ3) is 15.2. The monoisotopic (exact) mass is 570 g/mol. The summed E-state index contributed by atoms with van der Waals surface area (Å²) in [6.45, 7) is 0.927. The first-order chi connectivity index (χ1) is 15.0. The van der Waals surface area contributed by atoms with E-state index < -0.39 is 29.1 Å². The van der Waals surface area contributed by atoms with E-state index in [2.05, 4.69) is 22.6 Å². The molecule has 0 radical (unpaired) electrons. The van der Waals surface area contributed by atoms with Gasteiger partial charge in [-0.25, -0.2) is 9.59 Å². The molecule has 1 aliphatic heterocycles. The largest absolute Gasteiger partial charge is 0.466 e. The molecule has 176 valence electrons. The van der Waals surface area contributed by atoms with Gasteiger partial charge in [0.15, 0.2) is 0 Å². The van der Waals surface area contributed by atoms with Crippen LogP contribution >= 0.6 is 34.4 Å². The van der Waals surface area contributed by atoms with Crippen LogP contribution < -0.4 is 0 Å². The van der Waals surface area contributed by atoms with Crippen LogP contribution in [0.25, 0.3) is 0 Å². The van der Waals surface area contributed by atoms with E-state index >= 15 is 0 Å². The maximum absolute atomic E-state index is 12.4. The molecule has 1 rings (SSSR count). The third-order valence-corrected chi connectivity index (χ3v) is 6.19. The average molecular weight is 570 g/mol. The highest BCUT2D eigenvalue weighted by molar-refractivity contribution is 14.1. The van der Waals surface area contributed by atoms with Gasteiger partial charge in [-0.05, 0) is 50.7 Å². The summed E-state index contributed by atoms with van der Waals surface area (Å²) in [6.07, 6.45) is 6.93. The van der Waals surface area contributed by atoms with Crippen molar-refractivity contribution in [3.8, 4) is 0 Å². The number of hydrogen-bond donors (Lipinski definition) is 0. The maximum Gasteiger partial charge on any atom is 0.331 e. The molecule has 0 aromatic rings. The van der Waals surface area contributed by atoms with Crippen LogP contribution in [-0.2, 0) is 38.1 Å². The Labute approximate surface area is 201 Å². The normalized spacial score (nSPS) is 22.7. The molecule has 1 atom stereocenters. The van der Waals surface area contributed by atoms with E-state index in [4.69, 9.17) is 18.9 Å². The molecule has 1 unspecified atom stereocenters. The number of ether oxygens (including phenoxy) is 4. The maximum atomic E-state index is 12.4. The second-order valence-corrected chi connectivity index (χ2v) is 9.17. The molecule has 0 amide bonds. The van der Waals surface area contributed by atoms with Crippen molar-refractivity contribution >= 4 is 58.2 Å². The van der Waals surface area contributed by atoms with Gasteiger partial charge in [-0.15, -0.1) is 11.8 Å². The number of hydrogen-bond acceptors (Lipinski definition) is 9. The van der Waals surface area contributed by atoms with Crippen LogP contribution in [0.1, 0.15) is 51.4 Å². The summed E-state index contributed by atoms with van der Waals surface area (Å²) in [4.78, 5) is 47.6. The average Bonchev–Trinajstić information content (AvgIpc) is 2.75. The van der Waals surface area contributed by atoms with Crippen molar-refractivity contribution in [2.45, 2.75) is 56.6 Å². The summed E-state index contributed by atoms with van der Waals surface area (Å²) in [5.41, 5.74) is 0. The second-order valence-electron chi connectivity index (χ2n) is 6.78. The molecular formula is C21H31IO8S. The molecule has 0 saturated carbocycles. The van der Waals surface area contributed by atoms with Gasteiger partial charge >= 0.3 is 23.9 Å². The van der Waals surface area contributed by atoms with Gasteiger partial charge in [0.2, 0.25) is 0 Å². The minimum Gasteiger partial charge on any atom is -0.466 e. The van der Waals surface area contributed by atoms with Crippen LogP contribution in [0, 0.1) is 0 Å². The molecule has 31 heavy (non-hydrogen) atoms. The van der Waals surface area contributed by atoms with Crippen LogP contribution in [0.3, 0.4) is 0 Å². The van der Waals surface area contributed by atoms with Crippen LogP contribution in [0.2, 0.25) is 0 Å². The molecule has 0 aromatic carbocycles. The summed E-state index contributed by atoms with van der Waals surface area (Å²) >= 11 is 3.70. The molecule has 1 aliphatic rings. The number of carbonyl (C=O) groups excluding carboxylic acids is 4. The van der Waals surface area contributed by atoms with Crippen LogP contribution in [0.5, 0.6) is 0 Å². The number of rotatable bonds is 4. The molecule has 1 heterocycles. The summed E-state index contributed by atoms with van der Waals surface area (Å²) in [7, 11) is 0. The van der Waals surface area contributed by atoms with Crippen molar-refractivity contribution in [2.24, 2.45) is 0 Å². The van der Waals surface area contributed by atoms with Crippen molar-refractivity contribution in [3.63, 3.8) is 0 Å². The molecule has 0 spiro atoms. The lowest BCUT2D eigenvalue weighted by atomic mass is 10.2. The number of halogens is 1. The summed E-state index contributed by atoms with van der Waals surface area (Å²) in [6, 6.07) is 0. The second kappa shape index (κ2) is 18.3. The third-order valence-electron chi connectivity index (χ3n) is 4.14. The molecule has 0 N–H and O–H groups in total. The Hall–Kier alpha value is -1.30. The standard InChI is InChI=1S/C21H31IO8S/c22-10-7-15-31-17-16-20(25)29-13-5-1-3-11-27-18(23)8-9-19(24)28-12-4-2-6-14-30-21(17)26/h8-9,17H,1-7,10-16H2/b9-8+. The van der Waals surface area contributed by atoms with Crippen molar-refractivity contribution < 1.29 is 38.1 Å². The van der Waals surface area contributed by atoms with Gasteiger partial charge in [-0.1, -0.05) is 22.6 Å². The lowest BCUT2D eigenvalue weighted by Crippen LogP contribution is -2.25. The number of thioether (sulfide) groups is 1. The zero-order chi connectivity index (χ0) is 22.7. The lowest BCUT2D eigenvalue weighted by molar-refractivity contribution is -0.149. The Morgan fingerprint density at radius 1 is 0.774 bits per heavy atom. The fourth-order valence-corrected chi connectivity index (χ4v) is 4.44. The summed E-state index contributed by atoms with van der Waals surface area (Å²) < 4.78 is 21.6. The predicted molar refractivity (Wildman–Crippen MR) is 125 cm³/mol. The van der Waals surface area contributed by atoms with Gasteiger partial charge in [-0.2, -0.15) is 0 Å². The van der Waals surface area contributed by atoms with Crippen molar-refractivity contribution in [2.75, 3.05) is 36.6 Å². The molecule has 0 bridgehead atoms. The highest BCUT2D eigenvalue weighted by Gasteiger charge is 2.24. The highest BCUT2D eigenvalue weighted by atomic mass is 127. The van der Waals surface area contributed by atoms with Crippen molar-refractivity contribution in [1.29, 1.82) is 0 Å². The van der Waals surface area contributed by atoms with Crippen LogP contribution in [0.15, 0.2) is 12.2 Å². The predicted octanol–water partition coefficient (Wildman–Crippen LogP) is 3.39. The fraction of sp³-hybridized carbons (Fsp3) is 0.714. The van der Waals surface area contributed by atoms with E-state index in [9.17, 15) is 19.2 Å². The molecule has 0 aliphatic carbocycles. The quantitative estimate of drug-likeness (QED) is 0.165. The summed E-state index contributed by atoms with van der Waals surface area (Å²) in [5, 5.41) is -0.569. The molecular weight excluding hydrogens is 539 g/mol. The highest BCUT2D eigenvalue weighted by Crippen LogP contribution is 2.19. The first kappa shape index (κ1) is 27.7. The molecule has 0 aromatic heterocycles. The number of cyclic esters (lactones) is 4. The van der Waals surface area contributed by atoms with Crippen LogP contribution in [0.4, 0.5) is 0 Å².